The second kappa shape index (κ2) is 4.39. The minimum absolute atomic E-state index is 0.123. The lowest BCUT2D eigenvalue weighted by Gasteiger charge is -2.41. The summed E-state index contributed by atoms with van der Waals surface area (Å²) >= 11 is 0. The molecule has 0 aromatic carbocycles. The van der Waals surface area contributed by atoms with E-state index in [1.165, 1.54) is 30.1 Å². The highest BCUT2D eigenvalue weighted by atomic mass is 16.2. The Balaban J connectivity index is 1.98. The van der Waals surface area contributed by atoms with E-state index in [2.05, 4.69) is 17.3 Å². The number of carbonyl (C=O) groups excluding carboxylic acids is 1. The number of amides is 1. The average molecular weight is 236 g/mol. The van der Waals surface area contributed by atoms with Crippen LogP contribution < -0.4 is 11.1 Å². The van der Waals surface area contributed by atoms with Crippen LogP contribution in [0.4, 0.5) is 5.69 Å². The van der Waals surface area contributed by atoms with E-state index < -0.39 is 0 Å². The van der Waals surface area contributed by atoms with Crippen molar-refractivity contribution in [1.82, 2.24) is 15.1 Å². The van der Waals surface area contributed by atoms with Gasteiger partial charge in [0, 0.05) is 13.6 Å². The quantitative estimate of drug-likeness (QED) is 0.828. The molecule has 0 radical (unpaired) electrons. The van der Waals surface area contributed by atoms with Crippen molar-refractivity contribution in [3.63, 3.8) is 0 Å². The van der Waals surface area contributed by atoms with E-state index in [0.29, 0.717) is 16.8 Å². The molecule has 2 rings (SSSR count). The van der Waals surface area contributed by atoms with E-state index in [9.17, 15) is 4.79 Å². The number of nitrogens with zero attached hydrogens (tertiary/aromatic N) is 2. The molecule has 1 aliphatic carbocycles. The molecule has 1 aliphatic rings. The van der Waals surface area contributed by atoms with Gasteiger partial charge in [-0.2, -0.15) is 5.10 Å². The Labute approximate surface area is 101 Å². The summed E-state index contributed by atoms with van der Waals surface area (Å²) in [5.74, 6) is -0.123. The number of nitrogens with one attached hydrogen (secondary N) is 1. The minimum Gasteiger partial charge on any atom is -0.396 e. The van der Waals surface area contributed by atoms with Crippen molar-refractivity contribution in [3.8, 4) is 0 Å². The van der Waals surface area contributed by atoms with Gasteiger partial charge in [-0.25, -0.2) is 0 Å². The lowest BCUT2D eigenvalue weighted by atomic mass is 9.67. The summed E-state index contributed by atoms with van der Waals surface area (Å²) in [6, 6.07) is 0. The van der Waals surface area contributed by atoms with Crippen LogP contribution >= 0.6 is 0 Å². The molecule has 17 heavy (non-hydrogen) atoms. The predicted molar refractivity (Wildman–Crippen MR) is 66.5 cm³/mol. The van der Waals surface area contributed by atoms with Crippen LogP contribution in [-0.2, 0) is 7.05 Å². The molecule has 1 heterocycles. The summed E-state index contributed by atoms with van der Waals surface area (Å²) in [5, 5.41) is 6.95. The van der Waals surface area contributed by atoms with Gasteiger partial charge in [-0.05, 0) is 24.7 Å². The number of hydrogen-bond donors (Lipinski definition) is 2. The van der Waals surface area contributed by atoms with E-state index in [-0.39, 0.29) is 5.91 Å². The van der Waals surface area contributed by atoms with Crippen LogP contribution in [0.1, 0.15) is 43.1 Å². The van der Waals surface area contributed by atoms with Gasteiger partial charge in [0.05, 0.1) is 11.9 Å². The molecule has 0 unspecified atom stereocenters. The fourth-order valence-corrected chi connectivity index (χ4v) is 2.42. The molecule has 0 saturated heterocycles. The molecule has 1 fully saturated rings. The van der Waals surface area contributed by atoms with Crippen LogP contribution in [0.5, 0.6) is 0 Å². The number of aromatic nitrogens is 2. The third kappa shape index (κ3) is 2.14. The third-order valence-corrected chi connectivity index (χ3v) is 3.97. The number of rotatable bonds is 4. The molecule has 1 saturated carbocycles. The molecule has 0 aliphatic heterocycles. The number of anilines is 1. The van der Waals surface area contributed by atoms with Gasteiger partial charge in [0.15, 0.2) is 0 Å². The van der Waals surface area contributed by atoms with Crippen LogP contribution in [0.3, 0.4) is 0 Å². The van der Waals surface area contributed by atoms with Crippen LogP contribution in [-0.4, -0.2) is 22.2 Å². The minimum atomic E-state index is -0.123. The normalized spacial score (nSPS) is 17.5. The highest BCUT2D eigenvalue weighted by Crippen LogP contribution is 2.43. The topological polar surface area (TPSA) is 72.9 Å². The van der Waals surface area contributed by atoms with E-state index in [0.717, 1.165) is 13.0 Å². The summed E-state index contributed by atoms with van der Waals surface area (Å²) in [6.45, 7) is 2.93. The van der Waals surface area contributed by atoms with Gasteiger partial charge in [0.2, 0.25) is 0 Å². The zero-order chi connectivity index (χ0) is 12.5. The fraction of sp³-hybridized carbons (Fsp3) is 0.667. The largest absolute Gasteiger partial charge is 0.396 e. The van der Waals surface area contributed by atoms with Crippen molar-refractivity contribution in [2.24, 2.45) is 12.5 Å². The molecule has 3 N–H and O–H groups in total. The Morgan fingerprint density at radius 3 is 2.76 bits per heavy atom. The standard InChI is InChI=1S/C12H20N4O/c1-3-12(5-4-6-12)8-14-11(17)10-9(13)7-15-16(10)2/h7H,3-6,8,13H2,1-2H3,(H,14,17). The summed E-state index contributed by atoms with van der Waals surface area (Å²) in [6.07, 6.45) is 6.33. The highest BCUT2D eigenvalue weighted by molar-refractivity contribution is 5.97. The van der Waals surface area contributed by atoms with Gasteiger partial charge < -0.3 is 11.1 Å². The molecule has 5 heteroatoms. The van der Waals surface area contributed by atoms with Crippen LogP contribution in [0.25, 0.3) is 0 Å². The molecule has 0 spiro atoms. The molecule has 94 valence electrons. The van der Waals surface area contributed by atoms with Gasteiger partial charge >= 0.3 is 0 Å². The van der Waals surface area contributed by atoms with Crippen molar-refractivity contribution in [1.29, 1.82) is 0 Å². The molecule has 1 aromatic rings. The van der Waals surface area contributed by atoms with E-state index in [4.69, 9.17) is 5.73 Å². The Bertz CT molecular complexity index is 395. The number of hydrogen-bond acceptors (Lipinski definition) is 3. The van der Waals surface area contributed by atoms with Crippen LogP contribution in [0, 0.1) is 5.41 Å². The molecular weight excluding hydrogens is 216 g/mol. The van der Waals surface area contributed by atoms with Gasteiger partial charge in [0.25, 0.3) is 5.91 Å². The lowest BCUT2D eigenvalue weighted by Crippen LogP contribution is -2.42. The first-order chi connectivity index (χ1) is 8.08. The van der Waals surface area contributed by atoms with E-state index >= 15 is 0 Å². The lowest BCUT2D eigenvalue weighted by molar-refractivity contribution is 0.0842. The fourth-order valence-electron chi connectivity index (χ4n) is 2.42. The molecule has 0 atom stereocenters. The van der Waals surface area contributed by atoms with E-state index in [1.54, 1.807) is 7.05 Å². The maximum Gasteiger partial charge on any atom is 0.271 e. The van der Waals surface area contributed by atoms with Gasteiger partial charge in [-0.1, -0.05) is 13.3 Å². The zero-order valence-corrected chi connectivity index (χ0v) is 10.5. The van der Waals surface area contributed by atoms with Crippen molar-refractivity contribution in [2.75, 3.05) is 12.3 Å². The predicted octanol–water partition coefficient (Wildman–Crippen LogP) is 1.31. The Morgan fingerprint density at radius 1 is 1.65 bits per heavy atom. The SMILES string of the molecule is CCC1(CNC(=O)c2c(N)cnn2C)CCC1. The summed E-state index contributed by atoms with van der Waals surface area (Å²) in [7, 11) is 1.73. The molecule has 1 amide bonds. The first-order valence-electron chi connectivity index (χ1n) is 6.14. The maximum atomic E-state index is 12.0. The van der Waals surface area contributed by atoms with Crippen molar-refractivity contribution in [3.05, 3.63) is 11.9 Å². The summed E-state index contributed by atoms with van der Waals surface area (Å²) in [4.78, 5) is 12.0. The molecule has 1 aromatic heterocycles. The highest BCUT2D eigenvalue weighted by Gasteiger charge is 2.35. The zero-order valence-electron chi connectivity index (χ0n) is 10.5. The summed E-state index contributed by atoms with van der Waals surface area (Å²) < 4.78 is 1.52. The van der Waals surface area contributed by atoms with Crippen molar-refractivity contribution in [2.45, 2.75) is 32.6 Å². The number of aryl methyl sites for hydroxylation is 1. The van der Waals surface area contributed by atoms with E-state index in [1.807, 2.05) is 0 Å². The molecular formula is C12H20N4O. The second-order valence-electron chi connectivity index (χ2n) is 4.96. The Kier molecular flexibility index (Phi) is 3.09. The first-order valence-corrected chi connectivity index (χ1v) is 6.14. The second-order valence-corrected chi connectivity index (χ2v) is 4.96. The van der Waals surface area contributed by atoms with Crippen molar-refractivity contribution >= 4 is 11.6 Å². The monoisotopic (exact) mass is 236 g/mol. The summed E-state index contributed by atoms with van der Waals surface area (Å²) in [5.41, 5.74) is 6.93. The molecule has 5 nitrogen and oxygen atoms in total. The first kappa shape index (κ1) is 12.0. The molecule has 0 bridgehead atoms. The van der Waals surface area contributed by atoms with Gasteiger partial charge in [0.1, 0.15) is 5.69 Å². The van der Waals surface area contributed by atoms with Gasteiger partial charge in [-0.3, -0.25) is 9.48 Å². The smallest absolute Gasteiger partial charge is 0.271 e. The third-order valence-electron chi connectivity index (χ3n) is 3.97. The van der Waals surface area contributed by atoms with Gasteiger partial charge in [-0.15, -0.1) is 0 Å². The number of carbonyl (C=O) groups is 1. The number of nitrogens with two attached hydrogens (primary N) is 1. The average Bonchev–Trinajstić information content (AvgIpc) is 2.57. The number of nitrogen functional groups attached to an aromatic ring is 1. The van der Waals surface area contributed by atoms with Crippen molar-refractivity contribution < 1.29 is 4.79 Å². The Morgan fingerprint density at radius 2 is 2.35 bits per heavy atom. The maximum absolute atomic E-state index is 12.0. The Hall–Kier alpha value is -1.52. The van der Waals surface area contributed by atoms with Crippen LogP contribution in [0.15, 0.2) is 6.20 Å². The van der Waals surface area contributed by atoms with Crippen LogP contribution in [0.2, 0.25) is 0 Å².